The first-order valence-corrected chi connectivity index (χ1v) is 8.53. The van der Waals surface area contributed by atoms with E-state index in [0.717, 1.165) is 4.90 Å². The molecule has 8 nitrogen and oxygen atoms in total. The highest BCUT2D eigenvalue weighted by atomic mass is 35.5. The fraction of sp³-hybridized carbons (Fsp3) is 0.471. The van der Waals surface area contributed by atoms with Crippen LogP contribution in [0.2, 0.25) is 5.02 Å². The molecule has 0 unspecified atom stereocenters. The van der Waals surface area contributed by atoms with Gasteiger partial charge in [-0.1, -0.05) is 11.6 Å². The van der Waals surface area contributed by atoms with Crippen LogP contribution in [0.4, 0.5) is 4.79 Å². The summed E-state index contributed by atoms with van der Waals surface area (Å²) < 4.78 is 5.41. The van der Waals surface area contributed by atoms with Crippen molar-refractivity contribution in [1.29, 1.82) is 0 Å². The zero-order chi connectivity index (χ0) is 18.9. The lowest BCUT2D eigenvalue weighted by molar-refractivity contribution is -0.150. The average Bonchev–Trinajstić information content (AvgIpc) is 2.51. The zero-order valence-electron chi connectivity index (χ0n) is 14.3. The summed E-state index contributed by atoms with van der Waals surface area (Å²) in [4.78, 5) is 35.6. The molecule has 3 amide bonds. The van der Waals surface area contributed by atoms with E-state index in [9.17, 15) is 14.4 Å². The lowest BCUT2D eigenvalue weighted by Crippen LogP contribution is -2.84. The maximum absolute atomic E-state index is 12.0. The SMILES string of the molecule is CN(CC(=O)NC12CC(NC(=O)COc3ccc(Cl)cc3)(C1)C2)C(=O)O. The molecule has 3 aliphatic carbocycles. The van der Waals surface area contributed by atoms with Gasteiger partial charge in [0, 0.05) is 23.1 Å². The van der Waals surface area contributed by atoms with E-state index in [1.165, 1.54) is 7.05 Å². The van der Waals surface area contributed by atoms with Crippen LogP contribution in [0.1, 0.15) is 19.3 Å². The molecule has 1 aromatic carbocycles. The molecule has 1 aromatic rings. The Hall–Kier alpha value is -2.48. The monoisotopic (exact) mass is 381 g/mol. The molecule has 0 heterocycles. The Morgan fingerprint density at radius 2 is 1.65 bits per heavy atom. The molecule has 26 heavy (non-hydrogen) atoms. The first kappa shape index (κ1) is 18.3. The molecule has 0 saturated heterocycles. The molecule has 140 valence electrons. The van der Waals surface area contributed by atoms with E-state index >= 15 is 0 Å². The number of halogens is 1. The molecule has 0 aliphatic heterocycles. The molecule has 0 radical (unpaired) electrons. The van der Waals surface area contributed by atoms with Crippen molar-refractivity contribution < 1.29 is 24.2 Å². The van der Waals surface area contributed by atoms with Crippen molar-refractivity contribution in [2.45, 2.75) is 30.3 Å². The van der Waals surface area contributed by atoms with Crippen LogP contribution in [0.15, 0.2) is 24.3 Å². The fourth-order valence-corrected chi connectivity index (χ4v) is 3.81. The van der Waals surface area contributed by atoms with Crippen molar-refractivity contribution in [2.24, 2.45) is 0 Å². The van der Waals surface area contributed by atoms with Crippen LogP contribution in [-0.2, 0) is 9.59 Å². The number of ether oxygens (including phenoxy) is 1. The van der Waals surface area contributed by atoms with E-state index in [4.69, 9.17) is 21.4 Å². The Kier molecular flexibility index (Phi) is 4.70. The third kappa shape index (κ3) is 3.85. The highest BCUT2D eigenvalue weighted by Gasteiger charge is 2.69. The van der Waals surface area contributed by atoms with Gasteiger partial charge in [0.05, 0.1) is 0 Å². The minimum Gasteiger partial charge on any atom is -0.484 e. The predicted molar refractivity (Wildman–Crippen MR) is 93.2 cm³/mol. The first-order chi connectivity index (χ1) is 12.2. The van der Waals surface area contributed by atoms with Crippen molar-refractivity contribution in [1.82, 2.24) is 15.5 Å². The number of hydrogen-bond donors (Lipinski definition) is 3. The van der Waals surface area contributed by atoms with Gasteiger partial charge in [-0.25, -0.2) is 4.79 Å². The van der Waals surface area contributed by atoms with Crippen molar-refractivity contribution in [2.75, 3.05) is 20.2 Å². The summed E-state index contributed by atoms with van der Waals surface area (Å²) in [7, 11) is 1.34. The minimum absolute atomic E-state index is 0.0911. The van der Waals surface area contributed by atoms with Gasteiger partial charge in [0.15, 0.2) is 6.61 Å². The maximum Gasteiger partial charge on any atom is 0.407 e. The lowest BCUT2D eigenvalue weighted by Gasteiger charge is -2.70. The Balaban J connectivity index is 1.38. The lowest BCUT2D eigenvalue weighted by atomic mass is 9.44. The second-order valence-corrected chi connectivity index (χ2v) is 7.51. The molecular formula is C17H20ClN3O5. The van der Waals surface area contributed by atoms with Gasteiger partial charge in [-0.2, -0.15) is 0 Å². The van der Waals surface area contributed by atoms with E-state index in [1.54, 1.807) is 24.3 Å². The van der Waals surface area contributed by atoms with Crippen molar-refractivity contribution in [3.63, 3.8) is 0 Å². The number of likely N-dealkylation sites (N-methyl/N-ethyl adjacent to an activating group) is 1. The zero-order valence-corrected chi connectivity index (χ0v) is 15.0. The molecule has 0 atom stereocenters. The Labute approximate surface area is 155 Å². The van der Waals surface area contributed by atoms with Gasteiger partial charge in [-0.3, -0.25) is 9.59 Å². The largest absolute Gasteiger partial charge is 0.484 e. The molecule has 4 rings (SSSR count). The normalized spacial score (nSPS) is 25.3. The average molecular weight is 382 g/mol. The van der Waals surface area contributed by atoms with E-state index < -0.39 is 6.09 Å². The molecule has 2 bridgehead atoms. The summed E-state index contributed by atoms with van der Waals surface area (Å²) in [6, 6.07) is 6.75. The molecule has 3 fully saturated rings. The summed E-state index contributed by atoms with van der Waals surface area (Å²) in [5, 5.41) is 15.2. The van der Waals surface area contributed by atoms with Crippen LogP contribution < -0.4 is 15.4 Å². The molecule has 0 spiro atoms. The van der Waals surface area contributed by atoms with Crippen molar-refractivity contribution in [3.05, 3.63) is 29.3 Å². The van der Waals surface area contributed by atoms with Gasteiger partial charge in [-0.05, 0) is 43.5 Å². The Morgan fingerprint density at radius 1 is 1.12 bits per heavy atom. The summed E-state index contributed by atoms with van der Waals surface area (Å²) in [6.07, 6.45) is 0.793. The Morgan fingerprint density at radius 3 is 2.19 bits per heavy atom. The number of carboxylic acid groups (broad SMARTS) is 1. The van der Waals surface area contributed by atoms with E-state index in [1.807, 2.05) is 0 Å². The third-order valence-electron chi connectivity index (χ3n) is 4.73. The van der Waals surface area contributed by atoms with Crippen LogP contribution >= 0.6 is 11.6 Å². The van der Waals surface area contributed by atoms with Crippen molar-refractivity contribution in [3.8, 4) is 5.75 Å². The van der Waals surface area contributed by atoms with Crippen LogP contribution in [0.5, 0.6) is 5.75 Å². The third-order valence-corrected chi connectivity index (χ3v) is 4.98. The minimum atomic E-state index is -1.15. The fourth-order valence-electron chi connectivity index (χ4n) is 3.68. The molecule has 0 aromatic heterocycles. The second-order valence-electron chi connectivity index (χ2n) is 7.07. The van der Waals surface area contributed by atoms with Gasteiger partial charge < -0.3 is 25.4 Å². The summed E-state index contributed by atoms with van der Waals surface area (Å²) in [5.41, 5.74) is -0.604. The number of amides is 3. The standard InChI is InChI=1S/C17H20ClN3O5/c1-21(15(24)25)6-13(22)19-16-8-17(9-16,10-16)20-14(23)7-26-12-4-2-11(18)3-5-12/h2-5H,6-10H2,1H3,(H,19,22)(H,20,23)(H,24,25). The van der Waals surface area contributed by atoms with Gasteiger partial charge in [0.2, 0.25) is 5.91 Å². The number of nitrogens with zero attached hydrogens (tertiary/aromatic N) is 1. The van der Waals surface area contributed by atoms with E-state index in [2.05, 4.69) is 10.6 Å². The predicted octanol–water partition coefficient (Wildman–Crippen LogP) is 1.24. The topological polar surface area (TPSA) is 108 Å². The van der Waals surface area contributed by atoms with Gasteiger partial charge >= 0.3 is 6.09 Å². The molecule has 3 aliphatic rings. The summed E-state index contributed by atoms with van der Waals surface area (Å²) in [5.74, 6) is 0.0132. The van der Waals surface area contributed by atoms with Gasteiger partial charge in [-0.15, -0.1) is 0 Å². The van der Waals surface area contributed by atoms with Crippen LogP contribution in [-0.4, -0.2) is 59.2 Å². The van der Waals surface area contributed by atoms with E-state index in [-0.39, 0.29) is 36.0 Å². The first-order valence-electron chi connectivity index (χ1n) is 8.15. The number of carbonyl (C=O) groups excluding carboxylic acids is 2. The number of benzene rings is 1. The number of hydrogen-bond acceptors (Lipinski definition) is 4. The second kappa shape index (κ2) is 6.68. The maximum atomic E-state index is 12.0. The highest BCUT2D eigenvalue weighted by molar-refractivity contribution is 6.30. The number of nitrogens with one attached hydrogen (secondary N) is 2. The smallest absolute Gasteiger partial charge is 0.407 e. The molecular weight excluding hydrogens is 362 g/mol. The highest BCUT2D eigenvalue weighted by Crippen LogP contribution is 2.60. The summed E-state index contributed by atoms with van der Waals surface area (Å²) in [6.45, 7) is -0.294. The quantitative estimate of drug-likeness (QED) is 0.658. The van der Waals surface area contributed by atoms with Crippen LogP contribution in [0.25, 0.3) is 0 Å². The van der Waals surface area contributed by atoms with E-state index in [0.29, 0.717) is 30.0 Å². The van der Waals surface area contributed by atoms with Crippen LogP contribution in [0, 0.1) is 0 Å². The number of carbonyl (C=O) groups is 3. The van der Waals surface area contributed by atoms with Gasteiger partial charge in [0.25, 0.3) is 5.91 Å². The molecule has 3 saturated carbocycles. The number of rotatable bonds is 7. The molecule has 9 heteroatoms. The Bertz CT molecular complexity index is 717. The van der Waals surface area contributed by atoms with Gasteiger partial charge in [0.1, 0.15) is 12.3 Å². The van der Waals surface area contributed by atoms with Crippen molar-refractivity contribution >= 4 is 29.5 Å². The van der Waals surface area contributed by atoms with Crippen LogP contribution in [0.3, 0.4) is 0 Å². The summed E-state index contributed by atoms with van der Waals surface area (Å²) >= 11 is 5.79. The molecule has 3 N–H and O–H groups in total.